The molecule has 0 bridgehead atoms. The van der Waals surface area contributed by atoms with Crippen LogP contribution in [0.5, 0.6) is 0 Å². The standard InChI is InChI=1S/C15H17NO/c1-11-5-8-15(17-11)10-16-14-7-6-12-3-2-4-13(12)9-14/h5-9,16H,2-4,10H2,1H3. The lowest BCUT2D eigenvalue weighted by Gasteiger charge is -2.07. The molecule has 0 saturated carbocycles. The van der Waals surface area contributed by atoms with Gasteiger partial charge >= 0.3 is 0 Å². The van der Waals surface area contributed by atoms with Crippen LogP contribution in [0.1, 0.15) is 29.1 Å². The van der Waals surface area contributed by atoms with Gasteiger partial charge in [0.1, 0.15) is 11.5 Å². The summed E-state index contributed by atoms with van der Waals surface area (Å²) in [7, 11) is 0. The number of fused-ring (bicyclic) bond motifs is 1. The second-order valence-corrected chi connectivity index (χ2v) is 4.70. The second kappa shape index (κ2) is 4.28. The molecular formula is C15H17NO. The first-order chi connectivity index (χ1) is 8.31. The van der Waals surface area contributed by atoms with Crippen LogP contribution in [0.4, 0.5) is 5.69 Å². The zero-order chi connectivity index (χ0) is 11.7. The zero-order valence-electron chi connectivity index (χ0n) is 10.1. The van der Waals surface area contributed by atoms with Gasteiger partial charge in [0.2, 0.25) is 0 Å². The van der Waals surface area contributed by atoms with Crippen molar-refractivity contribution in [3.8, 4) is 0 Å². The minimum Gasteiger partial charge on any atom is -0.465 e. The molecule has 1 aromatic carbocycles. The topological polar surface area (TPSA) is 25.2 Å². The highest BCUT2D eigenvalue weighted by Gasteiger charge is 2.10. The van der Waals surface area contributed by atoms with Crippen LogP contribution in [0.2, 0.25) is 0 Å². The van der Waals surface area contributed by atoms with Crippen LogP contribution < -0.4 is 5.32 Å². The van der Waals surface area contributed by atoms with Crippen molar-refractivity contribution in [1.29, 1.82) is 0 Å². The number of hydrogen-bond donors (Lipinski definition) is 1. The van der Waals surface area contributed by atoms with E-state index in [0.717, 1.165) is 18.1 Å². The molecule has 2 nitrogen and oxygen atoms in total. The van der Waals surface area contributed by atoms with Gasteiger partial charge in [-0.25, -0.2) is 0 Å². The van der Waals surface area contributed by atoms with Crippen LogP contribution in [0, 0.1) is 6.92 Å². The summed E-state index contributed by atoms with van der Waals surface area (Å²) in [6, 6.07) is 10.7. The number of aryl methyl sites for hydroxylation is 3. The lowest BCUT2D eigenvalue weighted by atomic mass is 10.1. The maximum absolute atomic E-state index is 5.54. The Morgan fingerprint density at radius 3 is 2.82 bits per heavy atom. The molecule has 0 spiro atoms. The van der Waals surface area contributed by atoms with Crippen LogP contribution in [0.25, 0.3) is 0 Å². The number of benzene rings is 1. The molecule has 0 fully saturated rings. The Hall–Kier alpha value is -1.70. The quantitative estimate of drug-likeness (QED) is 0.865. The second-order valence-electron chi connectivity index (χ2n) is 4.70. The number of furan rings is 1. The van der Waals surface area contributed by atoms with Gasteiger partial charge in [0.05, 0.1) is 6.54 Å². The van der Waals surface area contributed by atoms with E-state index in [0.29, 0.717) is 0 Å². The van der Waals surface area contributed by atoms with Crippen molar-refractivity contribution in [2.45, 2.75) is 32.7 Å². The first-order valence-corrected chi connectivity index (χ1v) is 6.22. The van der Waals surface area contributed by atoms with Crippen LogP contribution >= 0.6 is 0 Å². The first-order valence-electron chi connectivity index (χ1n) is 6.22. The fourth-order valence-electron chi connectivity index (χ4n) is 2.45. The summed E-state index contributed by atoms with van der Waals surface area (Å²) in [5, 5.41) is 3.41. The number of nitrogens with one attached hydrogen (secondary N) is 1. The van der Waals surface area contributed by atoms with Gasteiger partial charge in [-0.15, -0.1) is 0 Å². The molecule has 0 amide bonds. The summed E-state index contributed by atoms with van der Waals surface area (Å²) in [6.07, 6.45) is 3.77. The summed E-state index contributed by atoms with van der Waals surface area (Å²) in [5.74, 6) is 1.96. The van der Waals surface area contributed by atoms with E-state index < -0.39 is 0 Å². The summed E-state index contributed by atoms with van der Waals surface area (Å²) in [5.41, 5.74) is 4.22. The van der Waals surface area contributed by atoms with E-state index in [2.05, 4.69) is 23.5 Å². The Morgan fingerprint density at radius 2 is 2.00 bits per heavy atom. The Labute approximate surface area is 102 Å². The van der Waals surface area contributed by atoms with E-state index in [4.69, 9.17) is 4.42 Å². The van der Waals surface area contributed by atoms with E-state index in [1.54, 1.807) is 0 Å². The van der Waals surface area contributed by atoms with Gasteiger partial charge in [-0.1, -0.05) is 6.07 Å². The van der Waals surface area contributed by atoms with E-state index in [-0.39, 0.29) is 0 Å². The molecule has 3 rings (SSSR count). The number of anilines is 1. The smallest absolute Gasteiger partial charge is 0.123 e. The Balaban J connectivity index is 1.69. The maximum Gasteiger partial charge on any atom is 0.123 e. The van der Waals surface area contributed by atoms with Gasteiger partial charge in [0.15, 0.2) is 0 Å². The highest BCUT2D eigenvalue weighted by molar-refractivity contribution is 5.50. The molecule has 0 aliphatic heterocycles. The minimum absolute atomic E-state index is 0.757. The summed E-state index contributed by atoms with van der Waals surface area (Å²) >= 11 is 0. The van der Waals surface area contributed by atoms with Crippen molar-refractivity contribution in [2.75, 3.05) is 5.32 Å². The summed E-state index contributed by atoms with van der Waals surface area (Å²) in [4.78, 5) is 0. The molecule has 17 heavy (non-hydrogen) atoms. The van der Waals surface area contributed by atoms with Crippen molar-refractivity contribution < 1.29 is 4.42 Å². The molecular weight excluding hydrogens is 210 g/mol. The molecule has 2 aromatic rings. The molecule has 1 aliphatic rings. The normalized spacial score (nSPS) is 13.7. The van der Waals surface area contributed by atoms with Crippen molar-refractivity contribution in [3.05, 3.63) is 53.0 Å². The zero-order valence-corrected chi connectivity index (χ0v) is 10.1. The van der Waals surface area contributed by atoms with E-state index in [1.165, 1.54) is 36.1 Å². The molecule has 0 radical (unpaired) electrons. The molecule has 1 N–H and O–H groups in total. The predicted octanol–water partition coefficient (Wildman–Crippen LogP) is 3.69. The highest BCUT2D eigenvalue weighted by atomic mass is 16.3. The lowest BCUT2D eigenvalue weighted by molar-refractivity contribution is 0.490. The molecule has 0 atom stereocenters. The van der Waals surface area contributed by atoms with Crippen LogP contribution in [-0.4, -0.2) is 0 Å². The van der Waals surface area contributed by atoms with Gasteiger partial charge in [-0.2, -0.15) is 0 Å². The lowest BCUT2D eigenvalue weighted by Crippen LogP contribution is -1.98. The van der Waals surface area contributed by atoms with Crippen LogP contribution in [0.15, 0.2) is 34.7 Å². The molecule has 88 valence electrons. The predicted molar refractivity (Wildman–Crippen MR) is 69.2 cm³/mol. The Morgan fingerprint density at radius 1 is 1.12 bits per heavy atom. The van der Waals surface area contributed by atoms with Crippen molar-refractivity contribution in [3.63, 3.8) is 0 Å². The fraction of sp³-hybridized carbons (Fsp3) is 0.333. The molecule has 2 heteroatoms. The van der Waals surface area contributed by atoms with Crippen LogP contribution in [0.3, 0.4) is 0 Å². The molecule has 0 saturated heterocycles. The van der Waals surface area contributed by atoms with E-state index >= 15 is 0 Å². The average molecular weight is 227 g/mol. The SMILES string of the molecule is Cc1ccc(CNc2ccc3c(c2)CCC3)o1. The van der Waals surface area contributed by atoms with Crippen LogP contribution in [-0.2, 0) is 19.4 Å². The number of hydrogen-bond acceptors (Lipinski definition) is 2. The van der Waals surface area contributed by atoms with Crippen molar-refractivity contribution in [2.24, 2.45) is 0 Å². The first kappa shape index (κ1) is 10.5. The Kier molecular flexibility index (Phi) is 2.63. The molecule has 1 heterocycles. The largest absolute Gasteiger partial charge is 0.465 e. The van der Waals surface area contributed by atoms with Crippen molar-refractivity contribution in [1.82, 2.24) is 0 Å². The van der Waals surface area contributed by atoms with Gasteiger partial charge < -0.3 is 9.73 Å². The van der Waals surface area contributed by atoms with Gasteiger partial charge in [-0.05, 0) is 61.6 Å². The minimum atomic E-state index is 0.757. The van der Waals surface area contributed by atoms with Gasteiger partial charge in [0, 0.05) is 5.69 Å². The van der Waals surface area contributed by atoms with E-state index in [9.17, 15) is 0 Å². The van der Waals surface area contributed by atoms with Gasteiger partial charge in [0.25, 0.3) is 0 Å². The maximum atomic E-state index is 5.54. The highest BCUT2D eigenvalue weighted by Crippen LogP contribution is 2.25. The molecule has 0 unspecified atom stereocenters. The fourth-order valence-corrected chi connectivity index (χ4v) is 2.45. The van der Waals surface area contributed by atoms with Crippen molar-refractivity contribution >= 4 is 5.69 Å². The summed E-state index contributed by atoms with van der Waals surface area (Å²) in [6.45, 7) is 2.73. The third-order valence-corrected chi connectivity index (χ3v) is 3.36. The average Bonchev–Trinajstić information content (AvgIpc) is 2.94. The molecule has 1 aliphatic carbocycles. The van der Waals surface area contributed by atoms with E-state index in [1.807, 2.05) is 19.1 Å². The third-order valence-electron chi connectivity index (χ3n) is 3.36. The number of rotatable bonds is 3. The summed E-state index contributed by atoms with van der Waals surface area (Å²) < 4.78 is 5.54. The third kappa shape index (κ3) is 2.21. The Bertz CT molecular complexity index is 527. The molecule has 1 aromatic heterocycles. The van der Waals surface area contributed by atoms with Gasteiger partial charge in [-0.3, -0.25) is 0 Å². The monoisotopic (exact) mass is 227 g/mol.